The molecule has 0 atom stereocenters. The standard InChI is InChI=1S/C14H12Br2FNO/c15-12-5-4-11(17)6-10(12)8-18-7-9-2-1-3-13(16)14(9)19/h1-6,18-19H,7-8H2. The Labute approximate surface area is 127 Å². The zero-order valence-electron chi connectivity index (χ0n) is 9.96. The van der Waals surface area contributed by atoms with Crippen LogP contribution in [0, 0.1) is 5.82 Å². The van der Waals surface area contributed by atoms with Gasteiger partial charge in [-0.2, -0.15) is 0 Å². The Hall–Kier alpha value is -0.910. The van der Waals surface area contributed by atoms with Gasteiger partial charge in [-0.15, -0.1) is 0 Å². The summed E-state index contributed by atoms with van der Waals surface area (Å²) in [6.07, 6.45) is 0. The van der Waals surface area contributed by atoms with Crippen molar-refractivity contribution >= 4 is 31.9 Å². The Morgan fingerprint density at radius 1 is 1.00 bits per heavy atom. The molecule has 2 aromatic carbocycles. The second kappa shape index (κ2) is 6.50. The SMILES string of the molecule is Oc1c(Br)cccc1CNCc1cc(F)ccc1Br. The van der Waals surface area contributed by atoms with Crippen LogP contribution in [-0.2, 0) is 13.1 Å². The average Bonchev–Trinajstić information content (AvgIpc) is 2.38. The summed E-state index contributed by atoms with van der Waals surface area (Å²) >= 11 is 6.65. The lowest BCUT2D eigenvalue weighted by Crippen LogP contribution is -2.13. The summed E-state index contributed by atoms with van der Waals surface area (Å²) in [5.41, 5.74) is 1.64. The highest BCUT2D eigenvalue weighted by atomic mass is 79.9. The van der Waals surface area contributed by atoms with Gasteiger partial charge in [0, 0.05) is 23.1 Å². The smallest absolute Gasteiger partial charge is 0.134 e. The molecule has 19 heavy (non-hydrogen) atoms. The number of benzene rings is 2. The molecule has 0 radical (unpaired) electrons. The minimum Gasteiger partial charge on any atom is -0.506 e. The molecule has 0 aliphatic rings. The van der Waals surface area contributed by atoms with Crippen LogP contribution in [0.3, 0.4) is 0 Å². The van der Waals surface area contributed by atoms with Crippen molar-refractivity contribution in [2.75, 3.05) is 0 Å². The van der Waals surface area contributed by atoms with Gasteiger partial charge in [0.05, 0.1) is 4.47 Å². The predicted molar refractivity (Wildman–Crippen MR) is 80.5 cm³/mol. The quantitative estimate of drug-likeness (QED) is 0.816. The molecule has 0 aromatic heterocycles. The highest BCUT2D eigenvalue weighted by Gasteiger charge is 2.05. The first-order valence-corrected chi connectivity index (χ1v) is 7.27. The second-order valence-electron chi connectivity index (χ2n) is 4.09. The molecular weight excluding hydrogens is 377 g/mol. The molecule has 0 aliphatic heterocycles. The van der Waals surface area contributed by atoms with Crippen LogP contribution in [0.2, 0.25) is 0 Å². The molecule has 2 nitrogen and oxygen atoms in total. The van der Waals surface area contributed by atoms with E-state index in [-0.39, 0.29) is 11.6 Å². The van der Waals surface area contributed by atoms with Crippen LogP contribution in [0.4, 0.5) is 4.39 Å². The lowest BCUT2D eigenvalue weighted by atomic mass is 10.2. The summed E-state index contributed by atoms with van der Waals surface area (Å²) in [7, 11) is 0. The van der Waals surface area contributed by atoms with Gasteiger partial charge in [0.25, 0.3) is 0 Å². The highest BCUT2D eigenvalue weighted by molar-refractivity contribution is 9.10. The van der Waals surface area contributed by atoms with Gasteiger partial charge in [-0.1, -0.05) is 28.1 Å². The number of aromatic hydroxyl groups is 1. The lowest BCUT2D eigenvalue weighted by molar-refractivity contribution is 0.461. The van der Waals surface area contributed by atoms with Gasteiger partial charge in [0.15, 0.2) is 0 Å². The van der Waals surface area contributed by atoms with Crippen molar-refractivity contribution in [3.63, 3.8) is 0 Å². The molecule has 0 bridgehead atoms. The first kappa shape index (κ1) is 14.5. The third-order valence-corrected chi connectivity index (χ3v) is 4.12. The highest BCUT2D eigenvalue weighted by Crippen LogP contribution is 2.27. The Balaban J connectivity index is 2.00. The molecule has 5 heteroatoms. The van der Waals surface area contributed by atoms with Crippen molar-refractivity contribution in [3.05, 3.63) is 62.3 Å². The number of rotatable bonds is 4. The molecule has 2 N–H and O–H groups in total. The lowest BCUT2D eigenvalue weighted by Gasteiger charge is -2.09. The van der Waals surface area contributed by atoms with Crippen LogP contribution in [0.1, 0.15) is 11.1 Å². The third-order valence-electron chi connectivity index (χ3n) is 2.71. The van der Waals surface area contributed by atoms with Crippen LogP contribution in [0.15, 0.2) is 45.3 Å². The van der Waals surface area contributed by atoms with Crippen LogP contribution < -0.4 is 5.32 Å². The minimum atomic E-state index is -0.259. The molecule has 0 aliphatic carbocycles. The molecule has 2 rings (SSSR count). The second-order valence-corrected chi connectivity index (χ2v) is 5.80. The Kier molecular flexibility index (Phi) is 4.96. The molecule has 0 heterocycles. The fourth-order valence-corrected chi connectivity index (χ4v) is 2.51. The van der Waals surface area contributed by atoms with E-state index >= 15 is 0 Å². The van der Waals surface area contributed by atoms with Crippen molar-refractivity contribution in [2.24, 2.45) is 0 Å². The normalized spacial score (nSPS) is 10.7. The summed E-state index contributed by atoms with van der Waals surface area (Å²) in [4.78, 5) is 0. The number of halogens is 3. The number of hydrogen-bond donors (Lipinski definition) is 2. The fraction of sp³-hybridized carbons (Fsp3) is 0.143. The van der Waals surface area contributed by atoms with E-state index in [1.165, 1.54) is 12.1 Å². The molecular formula is C14H12Br2FNO. The van der Waals surface area contributed by atoms with Gasteiger partial charge in [-0.3, -0.25) is 0 Å². The summed E-state index contributed by atoms with van der Waals surface area (Å²) in [5.74, 6) is -0.0291. The predicted octanol–water partition coefficient (Wildman–Crippen LogP) is 4.35. The molecule has 0 amide bonds. The number of nitrogens with one attached hydrogen (secondary N) is 1. The number of phenolic OH excluding ortho intramolecular Hbond substituents is 1. The molecule has 0 fully saturated rings. The average molecular weight is 389 g/mol. The number of phenols is 1. The monoisotopic (exact) mass is 387 g/mol. The van der Waals surface area contributed by atoms with Crippen molar-refractivity contribution < 1.29 is 9.50 Å². The Morgan fingerprint density at radius 3 is 2.53 bits per heavy atom. The van der Waals surface area contributed by atoms with E-state index in [9.17, 15) is 9.50 Å². The zero-order chi connectivity index (χ0) is 13.8. The fourth-order valence-electron chi connectivity index (χ4n) is 1.71. The first-order chi connectivity index (χ1) is 9.08. The van der Waals surface area contributed by atoms with Crippen LogP contribution >= 0.6 is 31.9 Å². The molecule has 0 saturated heterocycles. The van der Waals surface area contributed by atoms with Crippen LogP contribution in [0.25, 0.3) is 0 Å². The number of para-hydroxylation sites is 1. The largest absolute Gasteiger partial charge is 0.506 e. The van der Waals surface area contributed by atoms with Crippen LogP contribution in [-0.4, -0.2) is 5.11 Å². The third kappa shape index (κ3) is 3.78. The zero-order valence-corrected chi connectivity index (χ0v) is 13.1. The molecule has 0 spiro atoms. The van der Waals surface area contributed by atoms with E-state index in [1.54, 1.807) is 12.1 Å². The maximum absolute atomic E-state index is 13.1. The maximum atomic E-state index is 13.1. The first-order valence-electron chi connectivity index (χ1n) is 5.69. The van der Waals surface area contributed by atoms with Gasteiger partial charge in [-0.25, -0.2) is 4.39 Å². The van der Waals surface area contributed by atoms with Crippen LogP contribution in [0.5, 0.6) is 5.75 Å². The summed E-state index contributed by atoms with van der Waals surface area (Å²) < 4.78 is 14.6. The van der Waals surface area contributed by atoms with Crippen molar-refractivity contribution in [1.29, 1.82) is 0 Å². The van der Waals surface area contributed by atoms with E-state index in [0.717, 1.165) is 15.6 Å². The van der Waals surface area contributed by atoms with Crippen molar-refractivity contribution in [3.8, 4) is 5.75 Å². The number of hydrogen-bond acceptors (Lipinski definition) is 2. The van der Waals surface area contributed by atoms with Gasteiger partial charge in [0.2, 0.25) is 0 Å². The minimum absolute atomic E-state index is 0.230. The van der Waals surface area contributed by atoms with E-state index in [2.05, 4.69) is 37.2 Å². The topological polar surface area (TPSA) is 32.3 Å². The van der Waals surface area contributed by atoms with E-state index < -0.39 is 0 Å². The maximum Gasteiger partial charge on any atom is 0.134 e. The van der Waals surface area contributed by atoms with Gasteiger partial charge >= 0.3 is 0 Å². The molecule has 0 saturated carbocycles. The summed E-state index contributed by atoms with van der Waals surface area (Å²) in [6.45, 7) is 1.03. The van der Waals surface area contributed by atoms with E-state index in [0.29, 0.717) is 17.6 Å². The van der Waals surface area contributed by atoms with Gasteiger partial charge < -0.3 is 10.4 Å². The van der Waals surface area contributed by atoms with E-state index in [4.69, 9.17) is 0 Å². The van der Waals surface area contributed by atoms with Gasteiger partial charge in [-0.05, 0) is 45.8 Å². The summed E-state index contributed by atoms with van der Waals surface area (Å²) in [5, 5.41) is 13.0. The van der Waals surface area contributed by atoms with Crippen molar-refractivity contribution in [1.82, 2.24) is 5.32 Å². The molecule has 100 valence electrons. The van der Waals surface area contributed by atoms with Crippen molar-refractivity contribution in [2.45, 2.75) is 13.1 Å². The Bertz CT molecular complexity index is 588. The van der Waals surface area contributed by atoms with E-state index in [1.807, 2.05) is 12.1 Å². The van der Waals surface area contributed by atoms with Gasteiger partial charge in [0.1, 0.15) is 11.6 Å². The molecule has 0 unspecified atom stereocenters. The summed E-state index contributed by atoms with van der Waals surface area (Å²) in [6, 6.07) is 10.1. The molecule has 2 aromatic rings. The Morgan fingerprint density at radius 2 is 1.74 bits per heavy atom.